The van der Waals surface area contributed by atoms with Crippen molar-refractivity contribution in [3.8, 4) is 0 Å². The fraction of sp³-hybridized carbons (Fsp3) is 0.917. The van der Waals surface area contributed by atoms with Crippen molar-refractivity contribution in [2.24, 2.45) is 5.92 Å². The predicted molar refractivity (Wildman–Crippen MR) is 123 cm³/mol. The van der Waals surface area contributed by atoms with Gasteiger partial charge >= 0.3 is 29.6 Å². The van der Waals surface area contributed by atoms with E-state index in [1.54, 1.807) is 0 Å². The van der Waals surface area contributed by atoms with Gasteiger partial charge in [-0.3, -0.25) is 4.18 Å². The van der Waals surface area contributed by atoms with E-state index in [0.717, 1.165) is 32.1 Å². The van der Waals surface area contributed by atoms with Gasteiger partial charge in [-0.1, -0.05) is 129 Å². The molecule has 30 heavy (non-hydrogen) atoms. The molecule has 0 amide bonds. The first kappa shape index (κ1) is 32.8. The summed E-state index contributed by atoms with van der Waals surface area (Å²) in [5.41, 5.74) is 0. The molecule has 1 atom stereocenters. The van der Waals surface area contributed by atoms with Crippen LogP contribution in [0.3, 0.4) is 0 Å². The molecular formula is C24H47NaO4S. The molecule has 1 unspecified atom stereocenters. The van der Waals surface area contributed by atoms with Gasteiger partial charge < -0.3 is 4.55 Å². The molecule has 0 radical (unpaired) electrons. The number of unbranched alkanes of at least 4 members (excludes halogenated alkanes) is 15. The van der Waals surface area contributed by atoms with E-state index in [4.69, 9.17) is 0 Å². The van der Waals surface area contributed by atoms with Crippen LogP contribution < -0.4 is 29.6 Å². The Kier molecular flexibility index (Phi) is 26.5. The largest absolute Gasteiger partial charge is 1.00 e. The molecule has 0 bridgehead atoms. The molecule has 0 aliphatic rings. The number of hydrogen-bond acceptors (Lipinski definition) is 4. The van der Waals surface area contributed by atoms with Gasteiger partial charge in [-0.05, 0) is 12.8 Å². The fourth-order valence-corrected chi connectivity index (χ4v) is 3.96. The maximum atomic E-state index is 10.7. The molecule has 0 aliphatic heterocycles. The zero-order valence-corrected chi connectivity index (χ0v) is 23.0. The summed E-state index contributed by atoms with van der Waals surface area (Å²) in [5.74, 6) is 0.0212. The standard InChI is InChI=1S/C24H48O4S.Na/c1-3-5-7-9-10-11-12-13-14-15-16-17-18-20-22-24(21-19-8-6-4-2)23-28-29(25,26)27;/h19,21,24H,3-18,20,22-23H2,1-2H3,(H,25,26,27);/q;+1/p-1/b21-19+;. The smallest absolute Gasteiger partial charge is 0.726 e. The van der Waals surface area contributed by atoms with E-state index in [-0.39, 0.29) is 42.1 Å². The van der Waals surface area contributed by atoms with Gasteiger partial charge in [0.25, 0.3) is 0 Å². The van der Waals surface area contributed by atoms with E-state index in [2.05, 4.69) is 24.1 Å². The monoisotopic (exact) mass is 454 g/mol. The minimum Gasteiger partial charge on any atom is -0.726 e. The minimum atomic E-state index is -4.60. The van der Waals surface area contributed by atoms with Crippen molar-refractivity contribution in [2.75, 3.05) is 6.61 Å². The van der Waals surface area contributed by atoms with Gasteiger partial charge in [-0.15, -0.1) is 0 Å². The molecule has 0 aromatic heterocycles. The Morgan fingerprint density at radius 3 is 1.60 bits per heavy atom. The average molecular weight is 455 g/mol. The number of hydrogen-bond donors (Lipinski definition) is 0. The van der Waals surface area contributed by atoms with Crippen molar-refractivity contribution in [3.63, 3.8) is 0 Å². The van der Waals surface area contributed by atoms with Crippen molar-refractivity contribution in [1.29, 1.82) is 0 Å². The average Bonchev–Trinajstić information content (AvgIpc) is 2.68. The predicted octanol–water partition coefficient (Wildman–Crippen LogP) is 4.70. The summed E-state index contributed by atoms with van der Waals surface area (Å²) in [6.07, 6.45) is 26.8. The molecule has 0 fully saturated rings. The van der Waals surface area contributed by atoms with Gasteiger partial charge in [0.1, 0.15) is 0 Å². The van der Waals surface area contributed by atoms with Gasteiger partial charge in [0.15, 0.2) is 0 Å². The van der Waals surface area contributed by atoms with Crippen LogP contribution in [0.4, 0.5) is 0 Å². The Bertz CT molecular complexity index is 466. The van der Waals surface area contributed by atoms with Crippen LogP contribution in [0.25, 0.3) is 0 Å². The SMILES string of the molecule is CCCC/C=C/C(CCCCCCCCCCCCCCCC)COS(=O)(=O)[O-].[Na+]. The first-order valence-corrected chi connectivity index (χ1v) is 13.6. The summed E-state index contributed by atoms with van der Waals surface area (Å²) in [7, 11) is -4.60. The third kappa shape index (κ3) is 26.6. The molecule has 0 N–H and O–H groups in total. The Hall–Kier alpha value is 0.610. The van der Waals surface area contributed by atoms with E-state index in [0.29, 0.717) is 0 Å². The van der Waals surface area contributed by atoms with Gasteiger partial charge in [-0.2, -0.15) is 0 Å². The van der Waals surface area contributed by atoms with Crippen molar-refractivity contribution >= 4 is 10.4 Å². The summed E-state index contributed by atoms with van der Waals surface area (Å²) in [6.45, 7) is 4.39. The number of rotatable bonds is 22. The zero-order chi connectivity index (χ0) is 21.6. The zero-order valence-electron chi connectivity index (χ0n) is 20.2. The third-order valence-corrected chi connectivity index (χ3v) is 5.91. The minimum absolute atomic E-state index is 0. The quantitative estimate of drug-likeness (QED) is 0.0782. The second-order valence-electron chi connectivity index (χ2n) is 8.41. The van der Waals surface area contributed by atoms with Gasteiger partial charge in [-0.25, -0.2) is 8.42 Å². The Morgan fingerprint density at radius 1 is 0.733 bits per heavy atom. The molecule has 4 nitrogen and oxygen atoms in total. The fourth-order valence-electron chi connectivity index (χ4n) is 3.62. The van der Waals surface area contributed by atoms with Crippen LogP contribution in [-0.2, 0) is 14.6 Å². The molecule has 0 aliphatic carbocycles. The van der Waals surface area contributed by atoms with Crippen LogP contribution in [0.15, 0.2) is 12.2 Å². The second kappa shape index (κ2) is 24.3. The normalized spacial score (nSPS) is 12.9. The Morgan fingerprint density at radius 2 is 1.17 bits per heavy atom. The number of allylic oxidation sites excluding steroid dienone is 1. The van der Waals surface area contributed by atoms with Crippen molar-refractivity contribution < 1.29 is 46.7 Å². The Labute approximate surface area is 210 Å². The molecule has 0 aromatic carbocycles. The van der Waals surface area contributed by atoms with Gasteiger partial charge in [0.2, 0.25) is 10.4 Å². The molecule has 0 saturated heterocycles. The van der Waals surface area contributed by atoms with Crippen molar-refractivity contribution in [2.45, 2.75) is 129 Å². The summed E-state index contributed by atoms with van der Waals surface area (Å²) >= 11 is 0. The van der Waals surface area contributed by atoms with Crippen molar-refractivity contribution in [3.05, 3.63) is 12.2 Å². The third-order valence-electron chi connectivity index (χ3n) is 5.49. The van der Waals surface area contributed by atoms with Crippen LogP contribution >= 0.6 is 0 Å². The second-order valence-corrected chi connectivity index (χ2v) is 9.46. The van der Waals surface area contributed by atoms with Gasteiger partial charge in [0, 0.05) is 5.92 Å². The first-order valence-electron chi connectivity index (χ1n) is 12.3. The molecule has 0 saturated carbocycles. The van der Waals surface area contributed by atoms with Crippen LogP contribution in [0.1, 0.15) is 129 Å². The summed E-state index contributed by atoms with van der Waals surface area (Å²) in [5, 5.41) is 0. The maximum absolute atomic E-state index is 10.7. The van der Waals surface area contributed by atoms with Crippen LogP contribution in [0.5, 0.6) is 0 Å². The molecule has 0 heterocycles. The first-order chi connectivity index (χ1) is 14.0. The van der Waals surface area contributed by atoms with Gasteiger partial charge in [0.05, 0.1) is 6.61 Å². The van der Waals surface area contributed by atoms with Crippen LogP contribution in [0.2, 0.25) is 0 Å². The summed E-state index contributed by atoms with van der Waals surface area (Å²) < 4.78 is 36.6. The van der Waals surface area contributed by atoms with E-state index < -0.39 is 10.4 Å². The van der Waals surface area contributed by atoms with Crippen LogP contribution in [0, 0.1) is 5.92 Å². The molecular weight excluding hydrogens is 407 g/mol. The van der Waals surface area contributed by atoms with E-state index in [9.17, 15) is 13.0 Å². The van der Waals surface area contributed by atoms with E-state index in [1.165, 1.54) is 83.5 Å². The molecule has 6 heteroatoms. The molecule has 0 spiro atoms. The summed E-state index contributed by atoms with van der Waals surface area (Å²) in [4.78, 5) is 0. The molecule has 174 valence electrons. The van der Waals surface area contributed by atoms with E-state index >= 15 is 0 Å². The van der Waals surface area contributed by atoms with E-state index in [1.807, 2.05) is 6.08 Å². The molecule has 0 rings (SSSR count). The van der Waals surface area contributed by atoms with Crippen LogP contribution in [-0.4, -0.2) is 19.6 Å². The topological polar surface area (TPSA) is 66.4 Å². The molecule has 0 aromatic rings. The maximum Gasteiger partial charge on any atom is 1.00 e. The summed E-state index contributed by atoms with van der Waals surface area (Å²) in [6, 6.07) is 0. The Balaban J connectivity index is 0. The van der Waals surface area contributed by atoms with Crippen molar-refractivity contribution in [1.82, 2.24) is 0 Å².